The van der Waals surface area contributed by atoms with Crippen molar-refractivity contribution in [3.05, 3.63) is 41.7 Å². The molecule has 0 aromatic heterocycles. The van der Waals surface area contributed by atoms with Gasteiger partial charge in [0.05, 0.1) is 0 Å². The molecule has 0 aliphatic heterocycles. The van der Waals surface area contributed by atoms with Crippen molar-refractivity contribution < 1.29 is 9.36 Å². The van der Waals surface area contributed by atoms with E-state index < -0.39 is 7.14 Å². The second-order valence-electron chi connectivity index (χ2n) is 3.66. The summed E-state index contributed by atoms with van der Waals surface area (Å²) in [5, 5.41) is 1.45. The molecule has 1 unspecified atom stereocenters. The number of benzene rings is 1. The molecule has 0 amide bonds. The summed E-state index contributed by atoms with van der Waals surface area (Å²) in [7, 11) is -2.55. The second-order valence-corrected chi connectivity index (χ2v) is 6.73. The standard InChI is InChI=1S/C12H15O2P/c1-10(13)9-11(2)15(3,14)12-7-5-4-6-8-12/h4-9H,1-3H3/b11-9+. The van der Waals surface area contributed by atoms with Crippen molar-refractivity contribution >= 4 is 18.2 Å². The first kappa shape index (κ1) is 11.9. The average Bonchev–Trinajstić information content (AvgIpc) is 2.18. The van der Waals surface area contributed by atoms with Crippen molar-refractivity contribution in [3.8, 4) is 0 Å². The number of ketones is 1. The van der Waals surface area contributed by atoms with E-state index >= 15 is 0 Å². The van der Waals surface area contributed by atoms with Crippen molar-refractivity contribution in [1.82, 2.24) is 0 Å². The van der Waals surface area contributed by atoms with E-state index in [1.807, 2.05) is 30.3 Å². The predicted octanol–water partition coefficient (Wildman–Crippen LogP) is 2.80. The highest BCUT2D eigenvalue weighted by Gasteiger charge is 2.20. The highest BCUT2D eigenvalue weighted by molar-refractivity contribution is 7.74. The fourth-order valence-electron chi connectivity index (χ4n) is 1.33. The molecule has 0 heterocycles. The molecule has 0 spiro atoms. The second kappa shape index (κ2) is 4.59. The van der Waals surface area contributed by atoms with Crippen molar-refractivity contribution in [3.63, 3.8) is 0 Å². The topological polar surface area (TPSA) is 34.1 Å². The quantitative estimate of drug-likeness (QED) is 0.582. The molecule has 0 bridgehead atoms. The molecule has 0 fully saturated rings. The van der Waals surface area contributed by atoms with Gasteiger partial charge in [0.1, 0.15) is 7.14 Å². The van der Waals surface area contributed by atoms with Crippen LogP contribution in [0.3, 0.4) is 0 Å². The largest absolute Gasteiger partial charge is 0.314 e. The Balaban J connectivity index is 3.14. The monoisotopic (exact) mass is 222 g/mol. The van der Waals surface area contributed by atoms with Gasteiger partial charge in [0.25, 0.3) is 0 Å². The van der Waals surface area contributed by atoms with Crippen LogP contribution < -0.4 is 5.30 Å². The SMILES string of the molecule is CC(=O)/C=C(\C)P(C)(=O)c1ccccc1. The molecule has 0 radical (unpaired) electrons. The molecule has 3 heteroatoms. The van der Waals surface area contributed by atoms with Gasteiger partial charge in [-0.15, -0.1) is 0 Å². The van der Waals surface area contributed by atoms with Crippen LogP contribution in [0.4, 0.5) is 0 Å². The number of rotatable bonds is 3. The van der Waals surface area contributed by atoms with Gasteiger partial charge in [0.15, 0.2) is 5.78 Å². The van der Waals surface area contributed by atoms with E-state index in [4.69, 9.17) is 0 Å². The number of hydrogen-bond donors (Lipinski definition) is 0. The maximum Gasteiger partial charge on any atom is 0.153 e. The molecular formula is C12H15O2P. The van der Waals surface area contributed by atoms with E-state index in [2.05, 4.69) is 0 Å². The molecule has 2 nitrogen and oxygen atoms in total. The molecule has 15 heavy (non-hydrogen) atoms. The first-order valence-corrected chi connectivity index (χ1v) is 6.92. The maximum absolute atomic E-state index is 12.4. The van der Waals surface area contributed by atoms with Gasteiger partial charge in [-0.25, -0.2) is 0 Å². The highest BCUT2D eigenvalue weighted by atomic mass is 31.2. The van der Waals surface area contributed by atoms with Crippen molar-refractivity contribution in [2.75, 3.05) is 6.66 Å². The van der Waals surface area contributed by atoms with Gasteiger partial charge in [0.2, 0.25) is 0 Å². The fraction of sp³-hybridized carbons (Fsp3) is 0.250. The van der Waals surface area contributed by atoms with Crippen molar-refractivity contribution in [2.24, 2.45) is 0 Å². The van der Waals surface area contributed by atoms with E-state index in [0.717, 1.165) is 5.30 Å². The third kappa shape index (κ3) is 2.90. The number of allylic oxidation sites excluding steroid dienone is 2. The van der Waals surface area contributed by atoms with E-state index in [-0.39, 0.29) is 5.78 Å². The van der Waals surface area contributed by atoms with Gasteiger partial charge in [0, 0.05) is 5.30 Å². The number of carbonyl (C=O) groups is 1. The third-order valence-corrected chi connectivity index (χ3v) is 5.09. The predicted molar refractivity (Wildman–Crippen MR) is 64.0 cm³/mol. The number of carbonyl (C=O) groups excluding carboxylic acids is 1. The molecular weight excluding hydrogens is 207 g/mol. The lowest BCUT2D eigenvalue weighted by molar-refractivity contribution is -0.112. The van der Waals surface area contributed by atoms with E-state index in [9.17, 15) is 9.36 Å². The van der Waals surface area contributed by atoms with Crippen molar-refractivity contribution in [2.45, 2.75) is 13.8 Å². The molecule has 1 aromatic rings. The zero-order chi connectivity index (χ0) is 11.5. The van der Waals surface area contributed by atoms with Crippen LogP contribution >= 0.6 is 7.14 Å². The maximum atomic E-state index is 12.4. The van der Waals surface area contributed by atoms with Gasteiger partial charge < -0.3 is 4.57 Å². The lowest BCUT2D eigenvalue weighted by Gasteiger charge is -2.13. The van der Waals surface area contributed by atoms with Gasteiger partial charge in [-0.1, -0.05) is 30.3 Å². The summed E-state index contributed by atoms with van der Waals surface area (Å²) < 4.78 is 12.4. The Morgan fingerprint density at radius 3 is 2.20 bits per heavy atom. The summed E-state index contributed by atoms with van der Waals surface area (Å²) in [6.07, 6.45) is 1.45. The molecule has 0 saturated carbocycles. The summed E-state index contributed by atoms with van der Waals surface area (Å²) in [6.45, 7) is 4.90. The van der Waals surface area contributed by atoms with Crippen LogP contribution in [-0.4, -0.2) is 12.4 Å². The molecule has 1 aromatic carbocycles. The molecule has 0 aliphatic carbocycles. The minimum atomic E-state index is -2.55. The Kier molecular flexibility index (Phi) is 3.65. The molecule has 1 atom stereocenters. The minimum absolute atomic E-state index is 0.0643. The Morgan fingerprint density at radius 1 is 1.20 bits per heavy atom. The average molecular weight is 222 g/mol. The number of hydrogen-bond acceptors (Lipinski definition) is 2. The summed E-state index contributed by atoms with van der Waals surface area (Å²) in [5.41, 5.74) is 0. The third-order valence-electron chi connectivity index (χ3n) is 2.33. The Labute approximate surface area is 90.4 Å². The lowest BCUT2D eigenvalue weighted by atomic mass is 10.4. The molecule has 0 aliphatic rings. The molecule has 80 valence electrons. The summed E-state index contributed by atoms with van der Waals surface area (Å²) >= 11 is 0. The zero-order valence-corrected chi connectivity index (χ0v) is 10.1. The van der Waals surface area contributed by atoms with Crippen LogP contribution in [0.2, 0.25) is 0 Å². The minimum Gasteiger partial charge on any atom is -0.314 e. The Morgan fingerprint density at radius 2 is 1.73 bits per heavy atom. The molecule has 1 rings (SSSR count). The van der Waals surface area contributed by atoms with Crippen LogP contribution in [-0.2, 0) is 9.36 Å². The van der Waals surface area contributed by atoms with E-state index in [1.165, 1.54) is 13.0 Å². The van der Waals surface area contributed by atoms with Gasteiger partial charge in [-0.05, 0) is 31.9 Å². The fourth-order valence-corrected chi connectivity index (χ4v) is 2.91. The summed E-state index contributed by atoms with van der Waals surface area (Å²) in [6, 6.07) is 9.25. The van der Waals surface area contributed by atoms with Gasteiger partial charge >= 0.3 is 0 Å². The van der Waals surface area contributed by atoms with Gasteiger partial charge in [-0.2, -0.15) is 0 Å². The zero-order valence-electron chi connectivity index (χ0n) is 9.23. The van der Waals surface area contributed by atoms with E-state index in [0.29, 0.717) is 5.31 Å². The molecule has 0 saturated heterocycles. The Bertz CT molecular complexity index is 432. The smallest absolute Gasteiger partial charge is 0.153 e. The van der Waals surface area contributed by atoms with Crippen LogP contribution in [0, 0.1) is 0 Å². The van der Waals surface area contributed by atoms with Gasteiger partial charge in [-0.3, -0.25) is 4.79 Å². The summed E-state index contributed by atoms with van der Waals surface area (Å²) in [5.74, 6) is -0.0643. The Hall–Kier alpha value is -1.14. The van der Waals surface area contributed by atoms with Crippen molar-refractivity contribution in [1.29, 1.82) is 0 Å². The van der Waals surface area contributed by atoms with Crippen LogP contribution in [0.5, 0.6) is 0 Å². The van der Waals surface area contributed by atoms with Crippen LogP contribution in [0.25, 0.3) is 0 Å². The highest BCUT2D eigenvalue weighted by Crippen LogP contribution is 2.48. The first-order chi connectivity index (χ1) is 6.94. The van der Waals surface area contributed by atoms with Crippen LogP contribution in [0.1, 0.15) is 13.8 Å². The molecule has 0 N–H and O–H groups in total. The van der Waals surface area contributed by atoms with E-state index in [1.54, 1.807) is 13.6 Å². The lowest BCUT2D eigenvalue weighted by Crippen LogP contribution is -2.04. The van der Waals surface area contributed by atoms with Crippen LogP contribution in [0.15, 0.2) is 41.7 Å². The first-order valence-electron chi connectivity index (χ1n) is 4.77. The normalized spacial score (nSPS) is 15.8. The summed E-state index contributed by atoms with van der Waals surface area (Å²) in [4.78, 5) is 10.9.